The van der Waals surface area contributed by atoms with Gasteiger partial charge in [0.05, 0.1) is 11.0 Å². The zero-order valence-corrected chi connectivity index (χ0v) is 80.1. The van der Waals surface area contributed by atoms with Gasteiger partial charge in [0.1, 0.15) is 33.5 Å². The molecule has 4 aromatic heterocycles. The van der Waals surface area contributed by atoms with Gasteiger partial charge < -0.3 is 17.8 Å². The summed E-state index contributed by atoms with van der Waals surface area (Å²) in [5.41, 5.74) is 41.0. The van der Waals surface area contributed by atoms with Crippen LogP contribution < -0.4 is 0 Å². The summed E-state index contributed by atoms with van der Waals surface area (Å²) in [5, 5.41) is 11.9. The summed E-state index contributed by atoms with van der Waals surface area (Å²) in [4.78, 5) is 0. The van der Waals surface area contributed by atoms with E-state index in [1.165, 1.54) is 144 Å². The summed E-state index contributed by atoms with van der Waals surface area (Å²) >= 11 is 0. The molecular formula is C136H107NO3. The van der Waals surface area contributed by atoms with Crippen molar-refractivity contribution < 1.29 is 13.3 Å². The monoisotopic (exact) mass is 1800 g/mol. The maximum absolute atomic E-state index is 6.72. The van der Waals surface area contributed by atoms with E-state index in [1.807, 2.05) is 12.1 Å². The molecule has 25 aromatic rings. The van der Waals surface area contributed by atoms with Gasteiger partial charge in [-0.1, -0.05) is 480 Å². The zero-order chi connectivity index (χ0) is 94.9. The van der Waals surface area contributed by atoms with Crippen molar-refractivity contribution in [3.8, 4) is 128 Å². The largest absolute Gasteiger partial charge is 0.456 e. The average molecular weight is 1800 g/mol. The van der Waals surface area contributed by atoms with E-state index in [2.05, 4.69) is 527 Å². The molecular weight excluding hydrogens is 1700 g/mol. The number of hydrogen-bond donors (Lipinski definition) is 0. The maximum Gasteiger partial charge on any atom is 0.143 e. The summed E-state index contributed by atoms with van der Waals surface area (Å²) in [7, 11) is 0. The average Bonchev–Trinajstić information content (AvgIpc) is 1.60. The number of fused-ring (bicyclic) bond motifs is 13. The standard InChI is InChI=1S/C37H28O.C33H27N.2C33H26O/c1-24(2)25-16-18-26(19-17-25)27-20-22-29(23-21-27)31-11-6-14-34-35-15-7-13-33(37(35)38-36(31)34)32-12-5-9-28-8-3-4-10-30(28)32;1-23(2)24-12-14-25(15-13-24)26-16-18-27(19-17-26)28-20-21-33-31(22-28)30-10-6-7-11-32(30)34(33)29-8-4-3-5-9-29;1-22(2)23-14-16-24(17-15-23)25-18-20-27(21-19-25)29-11-7-13-31-30-12-6-10-28(32(30)34-33(29)31)26-8-4-3-5-9-26;1-22(2)23-8-10-25(11-9-23)26-12-14-27(15-13-26)29-17-19-31-30-18-16-28(24-6-4-3-5-7-24)20-32(30)34-33(31)21-29/h3-24H,1-2H3;3-23H,1-2H3;2*3-22H,1-2H3. The molecule has 25 rings (SSSR count). The third-order valence-corrected chi connectivity index (χ3v) is 28.0. The highest BCUT2D eigenvalue weighted by molar-refractivity contribution is 6.17. The Morgan fingerprint density at radius 1 is 0.157 bits per heavy atom. The third-order valence-electron chi connectivity index (χ3n) is 28.0. The van der Waals surface area contributed by atoms with Crippen LogP contribution in [0.5, 0.6) is 0 Å². The van der Waals surface area contributed by atoms with Crippen molar-refractivity contribution in [1.29, 1.82) is 0 Å². The Morgan fingerprint density at radius 2 is 0.414 bits per heavy atom. The molecule has 0 saturated carbocycles. The first-order valence-corrected chi connectivity index (χ1v) is 49.1. The minimum atomic E-state index is 0.539. The van der Waals surface area contributed by atoms with Crippen LogP contribution in [0.15, 0.2) is 492 Å². The normalized spacial score (nSPS) is 11.5. The van der Waals surface area contributed by atoms with E-state index < -0.39 is 0 Å². The second-order valence-electron chi connectivity index (χ2n) is 38.1. The van der Waals surface area contributed by atoms with Crippen LogP contribution in [0.1, 0.15) is 101 Å². The first-order valence-electron chi connectivity index (χ1n) is 49.1. The highest BCUT2D eigenvalue weighted by atomic mass is 16.3. The van der Waals surface area contributed by atoms with Crippen molar-refractivity contribution in [1.82, 2.24) is 4.57 Å². The summed E-state index contributed by atoms with van der Waals surface area (Å²) in [6.45, 7) is 17.8. The van der Waals surface area contributed by atoms with E-state index in [0.717, 1.165) is 105 Å². The number of rotatable bonds is 16. The van der Waals surface area contributed by atoms with E-state index in [0.29, 0.717) is 23.7 Å². The molecule has 0 spiro atoms. The van der Waals surface area contributed by atoms with Crippen molar-refractivity contribution >= 4 is 98.4 Å². The van der Waals surface area contributed by atoms with Crippen LogP contribution >= 0.6 is 0 Å². The second-order valence-corrected chi connectivity index (χ2v) is 38.1. The number of nitrogens with zero attached hydrogens (tertiary/aromatic N) is 1. The molecule has 4 nitrogen and oxygen atoms in total. The van der Waals surface area contributed by atoms with E-state index >= 15 is 0 Å². The van der Waals surface area contributed by atoms with Gasteiger partial charge >= 0.3 is 0 Å². The Kier molecular flexibility index (Phi) is 24.4. The fraction of sp³-hybridized carbons (Fsp3) is 0.0882. The fourth-order valence-corrected chi connectivity index (χ4v) is 20.0. The van der Waals surface area contributed by atoms with Crippen LogP contribution in [0.25, 0.3) is 226 Å². The van der Waals surface area contributed by atoms with Crippen molar-refractivity contribution in [3.63, 3.8) is 0 Å². The van der Waals surface area contributed by atoms with Crippen LogP contribution in [0.2, 0.25) is 0 Å². The van der Waals surface area contributed by atoms with Crippen molar-refractivity contribution in [2.24, 2.45) is 0 Å². The maximum atomic E-state index is 6.72. The van der Waals surface area contributed by atoms with Gasteiger partial charge in [0, 0.05) is 71.0 Å². The first kappa shape index (κ1) is 88.4. The molecule has 0 saturated heterocycles. The molecule has 0 radical (unpaired) electrons. The fourth-order valence-electron chi connectivity index (χ4n) is 20.0. The molecule has 0 N–H and O–H groups in total. The summed E-state index contributed by atoms with van der Waals surface area (Å²) in [5.74, 6) is 2.19. The predicted molar refractivity (Wildman–Crippen MR) is 596 cm³/mol. The molecule has 0 amide bonds. The van der Waals surface area contributed by atoms with Crippen molar-refractivity contribution in [2.75, 3.05) is 0 Å². The lowest BCUT2D eigenvalue weighted by Crippen LogP contribution is -1.92. The number of furan rings is 3. The van der Waals surface area contributed by atoms with Crippen LogP contribution in [0.3, 0.4) is 0 Å². The van der Waals surface area contributed by atoms with Crippen molar-refractivity contribution in [3.05, 3.63) is 501 Å². The van der Waals surface area contributed by atoms with Gasteiger partial charge in [-0.15, -0.1) is 0 Å². The molecule has 0 atom stereocenters. The summed E-state index contributed by atoms with van der Waals surface area (Å²) < 4.78 is 22.0. The molecule has 140 heavy (non-hydrogen) atoms. The smallest absolute Gasteiger partial charge is 0.143 e. The molecule has 4 heteroatoms. The van der Waals surface area contributed by atoms with E-state index in [1.54, 1.807) is 0 Å². The van der Waals surface area contributed by atoms with Crippen LogP contribution in [0, 0.1) is 0 Å². The zero-order valence-electron chi connectivity index (χ0n) is 80.1. The molecule has 0 unspecified atom stereocenters. The van der Waals surface area contributed by atoms with Crippen LogP contribution in [-0.2, 0) is 0 Å². The Hall–Kier alpha value is -16.9. The molecule has 21 aromatic carbocycles. The van der Waals surface area contributed by atoms with Crippen molar-refractivity contribution in [2.45, 2.75) is 79.1 Å². The van der Waals surface area contributed by atoms with Gasteiger partial charge in [0.2, 0.25) is 0 Å². The minimum absolute atomic E-state index is 0.539. The van der Waals surface area contributed by atoms with Gasteiger partial charge in [-0.05, 0) is 211 Å². The van der Waals surface area contributed by atoms with E-state index in [9.17, 15) is 0 Å². The first-order chi connectivity index (χ1) is 68.7. The second kappa shape index (κ2) is 38.7. The number of benzene rings is 21. The molecule has 4 heterocycles. The molecule has 0 fully saturated rings. The van der Waals surface area contributed by atoms with Gasteiger partial charge in [-0.3, -0.25) is 0 Å². The van der Waals surface area contributed by atoms with E-state index in [4.69, 9.17) is 13.3 Å². The predicted octanol–water partition coefficient (Wildman–Crippen LogP) is 39.5. The Morgan fingerprint density at radius 3 is 0.814 bits per heavy atom. The lowest BCUT2D eigenvalue weighted by molar-refractivity contribution is 0.669. The molecule has 0 aliphatic carbocycles. The Labute approximate surface area is 819 Å². The minimum Gasteiger partial charge on any atom is -0.456 e. The number of aromatic nitrogens is 1. The van der Waals surface area contributed by atoms with Crippen LogP contribution in [-0.4, -0.2) is 4.57 Å². The Bertz CT molecular complexity index is 8730. The molecule has 0 aliphatic heterocycles. The quantitative estimate of drug-likeness (QED) is 0.0968. The van der Waals surface area contributed by atoms with Gasteiger partial charge in [-0.25, -0.2) is 0 Å². The van der Waals surface area contributed by atoms with Gasteiger partial charge in [-0.2, -0.15) is 0 Å². The lowest BCUT2D eigenvalue weighted by atomic mass is 9.96. The van der Waals surface area contributed by atoms with Gasteiger partial charge in [0.15, 0.2) is 0 Å². The summed E-state index contributed by atoms with van der Waals surface area (Å²) in [6, 6.07) is 172. The molecule has 0 aliphatic rings. The van der Waals surface area contributed by atoms with Crippen LogP contribution in [0.4, 0.5) is 0 Å². The highest BCUT2D eigenvalue weighted by Crippen LogP contribution is 2.46. The lowest BCUT2D eigenvalue weighted by Gasteiger charge is -2.09. The summed E-state index contributed by atoms with van der Waals surface area (Å²) in [6.07, 6.45) is 0. The molecule has 674 valence electrons. The SMILES string of the molecule is CC(C)c1ccc(-c2ccc(-c3ccc4c(c3)c3ccccc3n4-c3ccccc3)cc2)cc1.CC(C)c1ccc(-c2ccc(-c3ccc4c(c3)oc3cc(-c5ccccc5)ccc34)cc2)cc1.CC(C)c1ccc(-c2ccc(-c3cccc4c3oc3c(-c5cccc6ccccc56)cccc34)cc2)cc1.CC(C)c1ccc(-c2ccc(-c3cccc4c3oc3c(-c5ccccc5)cccc34)cc2)cc1. The number of hydrogen-bond acceptors (Lipinski definition) is 3. The number of para-hydroxylation sites is 6. The van der Waals surface area contributed by atoms with E-state index in [-0.39, 0.29) is 0 Å². The third kappa shape index (κ3) is 17.7. The molecule has 0 bridgehead atoms. The van der Waals surface area contributed by atoms with Gasteiger partial charge in [0.25, 0.3) is 0 Å². The highest BCUT2D eigenvalue weighted by Gasteiger charge is 2.22. The Balaban J connectivity index is 0.000000107. The topological polar surface area (TPSA) is 44.4 Å².